The molecule has 0 bridgehead atoms. The highest BCUT2D eigenvalue weighted by Crippen LogP contribution is 2.46. The second kappa shape index (κ2) is 10.7. The molecule has 0 spiro atoms. The van der Waals surface area contributed by atoms with Crippen molar-refractivity contribution in [2.24, 2.45) is 5.92 Å². The van der Waals surface area contributed by atoms with Crippen LogP contribution in [0.5, 0.6) is 5.75 Å². The third-order valence-corrected chi connectivity index (χ3v) is 8.03. The maximum atomic E-state index is 15.6. The van der Waals surface area contributed by atoms with Gasteiger partial charge in [0, 0.05) is 25.7 Å². The third-order valence-electron chi connectivity index (χ3n) is 7.09. The maximum Gasteiger partial charge on any atom is 0.393 e. The lowest BCUT2D eigenvalue weighted by molar-refractivity contribution is -0.227. The fourth-order valence-corrected chi connectivity index (χ4v) is 5.58. The molecule has 3 aliphatic rings. The van der Waals surface area contributed by atoms with E-state index in [-0.39, 0.29) is 37.6 Å². The van der Waals surface area contributed by atoms with Crippen molar-refractivity contribution in [3.05, 3.63) is 29.1 Å². The van der Waals surface area contributed by atoms with E-state index in [1.807, 2.05) is 0 Å². The van der Waals surface area contributed by atoms with Gasteiger partial charge in [-0.05, 0) is 49.7 Å². The van der Waals surface area contributed by atoms with Gasteiger partial charge in [-0.1, -0.05) is 0 Å². The van der Waals surface area contributed by atoms with Crippen LogP contribution in [-0.4, -0.2) is 80.4 Å². The molecule has 0 radical (unpaired) electrons. The Kier molecular flexibility index (Phi) is 8.20. The largest absolute Gasteiger partial charge is 0.490 e. The van der Waals surface area contributed by atoms with Crippen LogP contribution in [0.3, 0.4) is 0 Å². The first-order valence-corrected chi connectivity index (χ1v) is 14.4. The van der Waals surface area contributed by atoms with E-state index in [9.17, 15) is 35.2 Å². The van der Waals surface area contributed by atoms with Gasteiger partial charge in [0.15, 0.2) is 6.30 Å². The molecule has 3 fully saturated rings. The van der Waals surface area contributed by atoms with Crippen LogP contribution in [-0.2, 0) is 10.0 Å². The zero-order chi connectivity index (χ0) is 28.0. The van der Waals surface area contributed by atoms with Gasteiger partial charge in [-0.2, -0.15) is 13.2 Å². The molecule has 3 unspecified atom stereocenters. The highest BCUT2D eigenvalue weighted by Gasteiger charge is 2.50. The smallest absolute Gasteiger partial charge is 0.393 e. The van der Waals surface area contributed by atoms with Gasteiger partial charge in [-0.3, -0.25) is 4.79 Å². The summed E-state index contributed by atoms with van der Waals surface area (Å²) in [5.41, 5.74) is -1.94. The van der Waals surface area contributed by atoms with Crippen molar-refractivity contribution in [3.8, 4) is 5.75 Å². The zero-order valence-electron chi connectivity index (χ0n) is 20.4. The number of hydrogen-bond acceptors (Lipinski definition) is 6. The number of hydrogen-bond donors (Lipinski definition) is 1. The molecule has 1 aromatic carbocycles. The van der Waals surface area contributed by atoms with Gasteiger partial charge in [-0.25, -0.2) is 36.3 Å². The fourth-order valence-electron chi connectivity index (χ4n) is 4.79. The highest BCUT2D eigenvalue weighted by atomic mass is 35.5. The lowest BCUT2D eigenvalue weighted by Crippen LogP contribution is -2.60. The lowest BCUT2D eigenvalue weighted by Gasteiger charge is -2.47. The Morgan fingerprint density at radius 3 is 2.42 bits per heavy atom. The van der Waals surface area contributed by atoms with Crippen molar-refractivity contribution in [2.75, 3.05) is 32.5 Å². The van der Waals surface area contributed by atoms with Crippen LogP contribution in [0.25, 0.3) is 0 Å². The summed E-state index contributed by atoms with van der Waals surface area (Å²) in [5.74, 6) is -4.00. The van der Waals surface area contributed by atoms with Gasteiger partial charge in [0.25, 0.3) is 5.91 Å². The Morgan fingerprint density at radius 1 is 1.24 bits per heavy atom. The first kappa shape index (κ1) is 29.2. The minimum absolute atomic E-state index is 0.0261. The number of piperidine rings is 2. The molecule has 7 nitrogen and oxygen atoms in total. The molecule has 1 amide bonds. The molecular weight excluding hydrogens is 564 g/mol. The van der Waals surface area contributed by atoms with Crippen LogP contribution in [0.1, 0.15) is 53.9 Å². The van der Waals surface area contributed by atoms with E-state index < -0.39 is 76.3 Å². The quantitative estimate of drug-likeness (QED) is 0.290. The van der Waals surface area contributed by atoms with Crippen molar-refractivity contribution >= 4 is 27.5 Å². The van der Waals surface area contributed by atoms with Crippen LogP contribution >= 0.6 is 11.6 Å². The summed E-state index contributed by atoms with van der Waals surface area (Å²) in [7, 11) is -3.92. The number of carbonyl (C=O) groups is 1. The van der Waals surface area contributed by atoms with E-state index >= 15 is 4.39 Å². The number of nitrogens with zero attached hydrogens (tertiary/aromatic N) is 2. The molecular formula is C23H28ClF6N3O4S. The maximum absolute atomic E-state index is 15.6. The van der Waals surface area contributed by atoms with E-state index in [2.05, 4.69) is 0 Å². The van der Waals surface area contributed by atoms with E-state index in [0.717, 1.165) is 30.2 Å². The van der Waals surface area contributed by atoms with Crippen molar-refractivity contribution < 1.29 is 44.3 Å². The van der Waals surface area contributed by atoms with E-state index in [0.29, 0.717) is 5.56 Å². The fraction of sp³-hybridized carbons (Fsp3) is 0.696. The minimum atomic E-state index is -4.53. The average Bonchev–Trinajstić information content (AvgIpc) is 3.63. The average molecular weight is 592 g/mol. The summed E-state index contributed by atoms with van der Waals surface area (Å²) in [5, 5.41) is 0.926. The Balaban J connectivity index is 1.41. The van der Waals surface area contributed by atoms with Gasteiger partial charge in [0.2, 0.25) is 10.0 Å². The number of carbonyl (C=O) groups excluding carboxylic acids is 1. The molecule has 4 rings (SSSR count). The molecule has 1 saturated carbocycles. The van der Waals surface area contributed by atoms with E-state index in [4.69, 9.17) is 16.3 Å². The SMILES string of the molecule is CS(=O)(=O)NC(=O)c1cc(C2CC2)c(OCC2(F)CCN(N3CC(C(F)(F)F)CC(Cl)C3F)CC2)cc1F. The number of rotatable bonds is 7. The Morgan fingerprint density at radius 2 is 1.87 bits per heavy atom. The van der Waals surface area contributed by atoms with Crippen molar-refractivity contribution in [3.63, 3.8) is 0 Å². The van der Waals surface area contributed by atoms with Crippen LogP contribution in [0, 0.1) is 11.7 Å². The molecule has 3 atom stereocenters. The highest BCUT2D eigenvalue weighted by molar-refractivity contribution is 7.89. The summed E-state index contributed by atoms with van der Waals surface area (Å²) >= 11 is 5.85. The summed E-state index contributed by atoms with van der Waals surface area (Å²) < 4.78 is 115. The molecule has 1 aromatic rings. The van der Waals surface area contributed by atoms with Gasteiger partial charge >= 0.3 is 6.18 Å². The normalized spacial score (nSPS) is 27.2. The summed E-state index contributed by atoms with van der Waals surface area (Å²) in [4.78, 5) is 12.2. The van der Waals surface area contributed by atoms with Crippen LogP contribution in [0.15, 0.2) is 12.1 Å². The molecule has 2 aliphatic heterocycles. The number of benzene rings is 1. The van der Waals surface area contributed by atoms with Crippen LogP contribution in [0.4, 0.5) is 26.3 Å². The lowest BCUT2D eigenvalue weighted by atomic mass is 9.93. The van der Waals surface area contributed by atoms with Gasteiger partial charge < -0.3 is 4.74 Å². The van der Waals surface area contributed by atoms with Gasteiger partial charge in [0.05, 0.1) is 23.1 Å². The van der Waals surface area contributed by atoms with Crippen molar-refractivity contribution in [2.45, 2.75) is 61.5 Å². The standard InChI is InChI=1S/C23H28ClF6N3O4S/c1-38(35,36)31-21(34)16-9-15(13-2-3-13)19(10-18(16)25)37-12-22(27)4-6-32(7-5-22)33-11-14(23(28,29)30)8-17(24)20(33)26/h9-10,13-14,17,20H,2-8,11-12H2,1H3,(H,31,34). The Labute approximate surface area is 221 Å². The first-order chi connectivity index (χ1) is 17.6. The number of hydrazine groups is 1. The molecule has 1 N–H and O–H groups in total. The van der Waals surface area contributed by atoms with Crippen molar-refractivity contribution in [1.29, 1.82) is 0 Å². The number of sulfonamides is 1. The number of ether oxygens (including phenoxy) is 1. The van der Waals surface area contributed by atoms with Crippen molar-refractivity contribution in [1.82, 2.24) is 14.7 Å². The molecule has 0 aromatic heterocycles. The summed E-state index contributed by atoms with van der Waals surface area (Å²) in [6.07, 6.45) is -5.03. The van der Waals surface area contributed by atoms with E-state index in [1.54, 1.807) is 4.72 Å². The third kappa shape index (κ3) is 6.86. The monoisotopic (exact) mass is 591 g/mol. The first-order valence-electron chi connectivity index (χ1n) is 12.1. The molecule has 1 aliphatic carbocycles. The number of nitrogens with one attached hydrogen (secondary N) is 1. The molecule has 38 heavy (non-hydrogen) atoms. The number of amides is 1. The summed E-state index contributed by atoms with van der Waals surface area (Å²) in [6, 6.07) is 2.12. The Bertz CT molecular complexity index is 1160. The molecule has 15 heteroatoms. The molecule has 214 valence electrons. The van der Waals surface area contributed by atoms with Gasteiger partial charge in [0.1, 0.15) is 23.8 Å². The summed E-state index contributed by atoms with van der Waals surface area (Å²) in [6.45, 7) is -1.23. The zero-order valence-corrected chi connectivity index (χ0v) is 22.0. The number of halogens is 7. The molecule has 2 saturated heterocycles. The number of alkyl halides is 6. The van der Waals surface area contributed by atoms with Gasteiger partial charge in [-0.15, -0.1) is 11.6 Å². The van der Waals surface area contributed by atoms with Crippen LogP contribution < -0.4 is 9.46 Å². The Hall–Kier alpha value is -1.77. The van der Waals surface area contributed by atoms with Crippen LogP contribution in [0.2, 0.25) is 0 Å². The molecule has 2 heterocycles. The predicted octanol–water partition coefficient (Wildman–Crippen LogP) is 4.28. The predicted molar refractivity (Wildman–Crippen MR) is 126 cm³/mol. The second-order valence-electron chi connectivity index (χ2n) is 10.2. The topological polar surface area (TPSA) is 78.9 Å². The van der Waals surface area contributed by atoms with E-state index in [1.165, 1.54) is 11.1 Å². The minimum Gasteiger partial charge on any atom is -0.490 e. The second-order valence-corrected chi connectivity index (χ2v) is 12.5.